The van der Waals surface area contributed by atoms with Crippen LogP contribution in [0.4, 0.5) is 0 Å². The molecule has 28 heavy (non-hydrogen) atoms. The second-order valence-electron chi connectivity index (χ2n) is 6.66. The molecular weight excluding hydrogens is 352 g/mol. The molecule has 1 N–H and O–H groups in total. The molecule has 0 saturated carbocycles. The van der Waals surface area contributed by atoms with E-state index in [1.807, 2.05) is 54.6 Å². The SMILES string of the molecule is N#Cc1cc(C=Cc2n[nH]c3ccccc23)ccc1OCCN1CCOCC1. The van der Waals surface area contributed by atoms with E-state index in [4.69, 9.17) is 9.47 Å². The van der Waals surface area contributed by atoms with Gasteiger partial charge in [0.15, 0.2) is 0 Å². The van der Waals surface area contributed by atoms with Gasteiger partial charge in [-0.3, -0.25) is 10.00 Å². The van der Waals surface area contributed by atoms with E-state index >= 15 is 0 Å². The van der Waals surface area contributed by atoms with E-state index in [2.05, 4.69) is 21.2 Å². The maximum absolute atomic E-state index is 9.49. The third-order valence-electron chi connectivity index (χ3n) is 4.83. The van der Waals surface area contributed by atoms with Crippen molar-refractivity contribution in [3.05, 3.63) is 59.3 Å². The first-order valence-corrected chi connectivity index (χ1v) is 9.42. The number of nitrogens with zero attached hydrogens (tertiary/aromatic N) is 3. The summed E-state index contributed by atoms with van der Waals surface area (Å²) >= 11 is 0. The zero-order valence-electron chi connectivity index (χ0n) is 15.6. The number of fused-ring (bicyclic) bond motifs is 1. The molecule has 3 aromatic rings. The van der Waals surface area contributed by atoms with Crippen LogP contribution >= 0.6 is 0 Å². The molecular formula is C22H22N4O2. The summed E-state index contributed by atoms with van der Waals surface area (Å²) in [7, 11) is 0. The van der Waals surface area contributed by atoms with Gasteiger partial charge in [-0.1, -0.05) is 30.3 Å². The molecule has 0 aliphatic carbocycles. The molecule has 0 atom stereocenters. The van der Waals surface area contributed by atoms with Crippen LogP contribution in [0.25, 0.3) is 23.1 Å². The molecule has 1 aromatic heterocycles. The van der Waals surface area contributed by atoms with Crippen molar-refractivity contribution in [2.75, 3.05) is 39.5 Å². The van der Waals surface area contributed by atoms with Gasteiger partial charge in [-0.25, -0.2) is 0 Å². The number of nitrogens with one attached hydrogen (secondary N) is 1. The second kappa shape index (κ2) is 8.70. The first-order valence-electron chi connectivity index (χ1n) is 9.42. The maximum atomic E-state index is 9.49. The van der Waals surface area contributed by atoms with Gasteiger partial charge in [0.05, 0.1) is 30.0 Å². The summed E-state index contributed by atoms with van der Waals surface area (Å²) in [5.74, 6) is 0.623. The Morgan fingerprint density at radius 3 is 2.89 bits per heavy atom. The normalized spacial score (nSPS) is 15.1. The van der Waals surface area contributed by atoms with Crippen LogP contribution in [0.2, 0.25) is 0 Å². The van der Waals surface area contributed by atoms with E-state index in [1.54, 1.807) is 0 Å². The number of hydrogen-bond acceptors (Lipinski definition) is 5. The van der Waals surface area contributed by atoms with E-state index in [9.17, 15) is 5.26 Å². The van der Waals surface area contributed by atoms with E-state index in [1.165, 1.54) is 0 Å². The fraction of sp³-hybridized carbons (Fsp3) is 0.273. The highest BCUT2D eigenvalue weighted by atomic mass is 16.5. The number of nitriles is 1. The van der Waals surface area contributed by atoms with Crippen LogP contribution in [-0.2, 0) is 4.74 Å². The summed E-state index contributed by atoms with van der Waals surface area (Å²) in [4.78, 5) is 2.31. The average Bonchev–Trinajstić information content (AvgIpc) is 3.17. The van der Waals surface area contributed by atoms with Gasteiger partial charge < -0.3 is 9.47 Å². The van der Waals surface area contributed by atoms with Crippen molar-refractivity contribution in [3.63, 3.8) is 0 Å². The fourth-order valence-electron chi connectivity index (χ4n) is 3.26. The molecule has 1 aliphatic rings. The van der Waals surface area contributed by atoms with Crippen molar-refractivity contribution in [2.24, 2.45) is 0 Å². The number of hydrogen-bond donors (Lipinski definition) is 1. The van der Waals surface area contributed by atoms with Crippen LogP contribution in [0.1, 0.15) is 16.8 Å². The van der Waals surface area contributed by atoms with E-state index in [0.29, 0.717) is 17.9 Å². The summed E-state index contributed by atoms with van der Waals surface area (Å²) in [6.07, 6.45) is 3.91. The molecule has 0 radical (unpaired) electrons. The molecule has 6 nitrogen and oxygen atoms in total. The number of aromatic amines is 1. The molecule has 0 unspecified atom stereocenters. The number of rotatable bonds is 6. The first kappa shape index (κ1) is 18.2. The molecule has 2 aromatic carbocycles. The Labute approximate surface area is 164 Å². The van der Waals surface area contributed by atoms with Gasteiger partial charge in [0, 0.05) is 25.0 Å². The minimum atomic E-state index is 0.538. The molecule has 1 saturated heterocycles. The van der Waals surface area contributed by atoms with E-state index in [0.717, 1.165) is 55.0 Å². The highest BCUT2D eigenvalue weighted by Gasteiger charge is 2.11. The van der Waals surface area contributed by atoms with Gasteiger partial charge in [0.1, 0.15) is 18.4 Å². The highest BCUT2D eigenvalue weighted by Crippen LogP contribution is 2.22. The van der Waals surface area contributed by atoms with E-state index < -0.39 is 0 Å². The van der Waals surface area contributed by atoms with Crippen molar-refractivity contribution < 1.29 is 9.47 Å². The number of benzene rings is 2. The Balaban J connectivity index is 1.42. The lowest BCUT2D eigenvalue weighted by Crippen LogP contribution is -2.38. The Bertz CT molecular complexity index is 1010. The number of morpholine rings is 1. The zero-order valence-corrected chi connectivity index (χ0v) is 15.6. The quantitative estimate of drug-likeness (QED) is 0.716. The monoisotopic (exact) mass is 374 g/mol. The predicted molar refractivity (Wildman–Crippen MR) is 109 cm³/mol. The Kier molecular flexibility index (Phi) is 5.66. The molecule has 142 valence electrons. The third kappa shape index (κ3) is 4.22. The maximum Gasteiger partial charge on any atom is 0.137 e. The second-order valence-corrected chi connectivity index (χ2v) is 6.66. The number of para-hydroxylation sites is 1. The van der Waals surface area contributed by atoms with Crippen molar-refractivity contribution in [1.82, 2.24) is 15.1 Å². The highest BCUT2D eigenvalue weighted by molar-refractivity contribution is 5.89. The van der Waals surface area contributed by atoms with Crippen molar-refractivity contribution in [1.29, 1.82) is 5.26 Å². The lowest BCUT2D eigenvalue weighted by atomic mass is 10.1. The average molecular weight is 374 g/mol. The van der Waals surface area contributed by atoms with Crippen LogP contribution in [0.3, 0.4) is 0 Å². The number of aromatic nitrogens is 2. The fourth-order valence-corrected chi connectivity index (χ4v) is 3.26. The van der Waals surface area contributed by atoms with E-state index in [-0.39, 0.29) is 0 Å². The van der Waals surface area contributed by atoms with Gasteiger partial charge in [-0.2, -0.15) is 10.4 Å². The lowest BCUT2D eigenvalue weighted by Gasteiger charge is -2.26. The van der Waals surface area contributed by atoms with Gasteiger partial charge in [-0.15, -0.1) is 0 Å². The minimum Gasteiger partial charge on any atom is -0.491 e. The standard InChI is InChI=1S/C22H22N4O2/c23-16-18-15-17(5-7-21-19-3-1-2-4-20(19)24-25-21)6-8-22(18)28-14-11-26-9-12-27-13-10-26/h1-8,15H,9-14H2,(H,24,25). The van der Waals surface area contributed by atoms with Gasteiger partial charge in [0.2, 0.25) is 0 Å². The predicted octanol–water partition coefficient (Wildman–Crippen LogP) is 3.32. The Morgan fingerprint density at radius 2 is 2.04 bits per heavy atom. The molecule has 0 amide bonds. The molecule has 1 fully saturated rings. The van der Waals surface area contributed by atoms with Crippen molar-refractivity contribution in [2.45, 2.75) is 0 Å². The first-order chi connectivity index (χ1) is 13.8. The van der Waals surface area contributed by atoms with Crippen LogP contribution in [0, 0.1) is 11.3 Å². The zero-order chi connectivity index (χ0) is 19.2. The molecule has 6 heteroatoms. The van der Waals surface area contributed by atoms with Gasteiger partial charge in [-0.05, 0) is 29.8 Å². The summed E-state index contributed by atoms with van der Waals surface area (Å²) in [6, 6.07) is 15.9. The van der Waals surface area contributed by atoms with Crippen molar-refractivity contribution in [3.8, 4) is 11.8 Å². The largest absolute Gasteiger partial charge is 0.491 e. The molecule has 0 bridgehead atoms. The number of H-pyrrole nitrogens is 1. The van der Waals surface area contributed by atoms with Crippen molar-refractivity contribution >= 4 is 23.1 Å². The molecule has 2 heterocycles. The van der Waals surface area contributed by atoms with Crippen LogP contribution in [0.5, 0.6) is 5.75 Å². The molecule has 4 rings (SSSR count). The Morgan fingerprint density at radius 1 is 1.18 bits per heavy atom. The minimum absolute atomic E-state index is 0.538. The van der Waals surface area contributed by atoms with Crippen LogP contribution < -0.4 is 4.74 Å². The van der Waals surface area contributed by atoms with Crippen LogP contribution in [-0.4, -0.2) is 54.6 Å². The topological polar surface area (TPSA) is 74.2 Å². The van der Waals surface area contributed by atoms with Gasteiger partial charge >= 0.3 is 0 Å². The summed E-state index contributed by atoms with van der Waals surface area (Å²) in [5.41, 5.74) is 3.35. The summed E-state index contributed by atoms with van der Waals surface area (Å²) in [5, 5.41) is 17.9. The smallest absolute Gasteiger partial charge is 0.137 e. The third-order valence-corrected chi connectivity index (χ3v) is 4.83. The molecule has 1 aliphatic heterocycles. The lowest BCUT2D eigenvalue weighted by molar-refractivity contribution is 0.0322. The summed E-state index contributed by atoms with van der Waals surface area (Å²) in [6.45, 7) is 4.80. The Hall–Kier alpha value is -3.14. The van der Waals surface area contributed by atoms with Crippen LogP contribution in [0.15, 0.2) is 42.5 Å². The number of ether oxygens (including phenoxy) is 2. The summed E-state index contributed by atoms with van der Waals surface area (Å²) < 4.78 is 11.2. The van der Waals surface area contributed by atoms with Gasteiger partial charge in [0.25, 0.3) is 0 Å². The molecule has 0 spiro atoms.